The fourth-order valence-corrected chi connectivity index (χ4v) is 3.48. The molecule has 142 valence electrons. The van der Waals surface area contributed by atoms with Gasteiger partial charge in [-0.1, -0.05) is 35.9 Å². The highest BCUT2D eigenvalue weighted by Gasteiger charge is 2.14. The van der Waals surface area contributed by atoms with Crippen molar-refractivity contribution < 1.29 is 13.2 Å². The summed E-state index contributed by atoms with van der Waals surface area (Å²) in [7, 11) is -3.75. The van der Waals surface area contributed by atoms with Crippen molar-refractivity contribution in [3.8, 4) is 0 Å². The lowest BCUT2D eigenvalue weighted by molar-refractivity contribution is -0.111. The number of nitrogens with one attached hydrogen (secondary N) is 2. The third kappa shape index (κ3) is 5.28. The summed E-state index contributed by atoms with van der Waals surface area (Å²) < 4.78 is 27.1. The molecule has 0 unspecified atom stereocenters. The summed E-state index contributed by atoms with van der Waals surface area (Å²) in [6, 6.07) is 18.6. The minimum absolute atomic E-state index is 0.0754. The van der Waals surface area contributed by atoms with E-state index in [4.69, 9.17) is 0 Å². The number of aryl methyl sites for hydroxylation is 1. The summed E-state index contributed by atoms with van der Waals surface area (Å²) in [5.41, 5.74) is 2.53. The molecule has 2 aromatic carbocycles. The fraction of sp³-hybridized carbons (Fsp3) is 0.0476. The fourth-order valence-electron chi connectivity index (χ4n) is 2.47. The van der Waals surface area contributed by atoms with Crippen molar-refractivity contribution >= 4 is 33.5 Å². The summed E-state index contributed by atoms with van der Waals surface area (Å²) >= 11 is 0. The van der Waals surface area contributed by atoms with Crippen LogP contribution in [0.4, 0.5) is 11.5 Å². The Balaban J connectivity index is 1.64. The standard InChI is InChI=1S/C21H19N3O3S/c1-16-5-4-6-17(15-16)8-13-21(25)23-18-9-11-19(12-10-18)28(26,27)24-20-7-2-3-14-22-20/h2-15H,1H3,(H,22,24)(H,23,25). The van der Waals surface area contributed by atoms with Gasteiger partial charge in [-0.25, -0.2) is 13.4 Å². The Morgan fingerprint density at radius 1 is 1.00 bits per heavy atom. The van der Waals surface area contributed by atoms with Crippen molar-refractivity contribution in [2.75, 3.05) is 10.0 Å². The molecule has 28 heavy (non-hydrogen) atoms. The van der Waals surface area contributed by atoms with Gasteiger partial charge in [0.2, 0.25) is 5.91 Å². The Morgan fingerprint density at radius 2 is 1.79 bits per heavy atom. The molecule has 3 rings (SSSR count). The lowest BCUT2D eigenvalue weighted by atomic mass is 10.1. The number of pyridine rings is 1. The highest BCUT2D eigenvalue weighted by molar-refractivity contribution is 7.92. The van der Waals surface area contributed by atoms with E-state index in [2.05, 4.69) is 15.0 Å². The molecule has 2 N–H and O–H groups in total. The summed E-state index contributed by atoms with van der Waals surface area (Å²) in [5, 5.41) is 2.70. The van der Waals surface area contributed by atoms with Crippen LogP contribution in [-0.4, -0.2) is 19.3 Å². The molecule has 0 aliphatic carbocycles. The normalized spacial score (nSPS) is 11.3. The second kappa shape index (κ2) is 8.49. The highest BCUT2D eigenvalue weighted by atomic mass is 32.2. The lowest BCUT2D eigenvalue weighted by Crippen LogP contribution is -2.14. The van der Waals surface area contributed by atoms with Gasteiger partial charge in [0.1, 0.15) is 5.82 Å². The average molecular weight is 393 g/mol. The van der Waals surface area contributed by atoms with Crippen LogP contribution in [0.3, 0.4) is 0 Å². The number of aromatic nitrogens is 1. The van der Waals surface area contributed by atoms with Crippen molar-refractivity contribution in [1.29, 1.82) is 0 Å². The minimum atomic E-state index is -3.75. The van der Waals surface area contributed by atoms with Crippen LogP contribution in [0.2, 0.25) is 0 Å². The third-order valence-corrected chi connectivity index (χ3v) is 5.18. The van der Waals surface area contributed by atoms with Crippen LogP contribution in [0.15, 0.2) is 83.9 Å². The summed E-state index contributed by atoms with van der Waals surface area (Å²) in [4.78, 5) is 16.1. The molecule has 0 bridgehead atoms. The van der Waals surface area contributed by atoms with Gasteiger partial charge in [0.15, 0.2) is 0 Å². The molecule has 0 fully saturated rings. The zero-order chi connectivity index (χ0) is 20.0. The van der Waals surface area contributed by atoms with Crippen molar-refractivity contribution in [3.63, 3.8) is 0 Å². The van der Waals surface area contributed by atoms with Crippen molar-refractivity contribution in [2.24, 2.45) is 0 Å². The van der Waals surface area contributed by atoms with Crippen LogP contribution in [0.25, 0.3) is 6.08 Å². The number of anilines is 2. The summed E-state index contributed by atoms with van der Waals surface area (Å²) in [6.45, 7) is 1.98. The molecule has 0 saturated heterocycles. The molecule has 0 atom stereocenters. The molecule has 0 saturated carbocycles. The number of carbonyl (C=O) groups is 1. The number of carbonyl (C=O) groups excluding carboxylic acids is 1. The molecule has 0 aliphatic heterocycles. The Labute approximate surface area is 164 Å². The maximum absolute atomic E-state index is 12.4. The summed E-state index contributed by atoms with van der Waals surface area (Å²) in [6.07, 6.45) is 4.65. The van der Waals surface area contributed by atoms with E-state index in [-0.39, 0.29) is 16.6 Å². The van der Waals surface area contributed by atoms with Gasteiger partial charge in [-0.15, -0.1) is 0 Å². The Kier molecular flexibility index (Phi) is 5.86. The maximum atomic E-state index is 12.4. The van der Waals surface area contributed by atoms with Crippen molar-refractivity contribution in [3.05, 3.63) is 90.1 Å². The van der Waals surface area contributed by atoms with Gasteiger partial charge in [-0.05, 0) is 55.0 Å². The molecule has 1 amide bonds. The first-order valence-electron chi connectivity index (χ1n) is 8.52. The van der Waals surface area contributed by atoms with Gasteiger partial charge in [-0.3, -0.25) is 9.52 Å². The second-order valence-electron chi connectivity index (χ2n) is 6.08. The molecule has 7 heteroatoms. The number of nitrogens with zero attached hydrogens (tertiary/aromatic N) is 1. The highest BCUT2D eigenvalue weighted by Crippen LogP contribution is 2.17. The monoisotopic (exact) mass is 393 g/mol. The van der Waals surface area contributed by atoms with Gasteiger partial charge >= 0.3 is 0 Å². The molecular formula is C21H19N3O3S. The molecule has 0 spiro atoms. The van der Waals surface area contributed by atoms with E-state index >= 15 is 0 Å². The van der Waals surface area contributed by atoms with Crippen LogP contribution in [0.5, 0.6) is 0 Å². The van der Waals surface area contributed by atoms with E-state index < -0.39 is 10.0 Å². The van der Waals surface area contributed by atoms with Crippen LogP contribution in [-0.2, 0) is 14.8 Å². The Morgan fingerprint density at radius 3 is 2.46 bits per heavy atom. The predicted molar refractivity (Wildman–Crippen MR) is 110 cm³/mol. The molecule has 1 heterocycles. The van der Waals surface area contributed by atoms with Gasteiger partial charge in [-0.2, -0.15) is 0 Å². The molecule has 0 radical (unpaired) electrons. The number of rotatable bonds is 6. The first kappa shape index (κ1) is 19.3. The zero-order valence-corrected chi connectivity index (χ0v) is 16.0. The van der Waals surface area contributed by atoms with E-state index in [1.54, 1.807) is 24.3 Å². The molecule has 1 aromatic heterocycles. The van der Waals surface area contributed by atoms with E-state index in [0.717, 1.165) is 11.1 Å². The molecule has 3 aromatic rings. The van der Waals surface area contributed by atoms with E-state index in [1.807, 2.05) is 31.2 Å². The quantitative estimate of drug-likeness (QED) is 0.623. The number of amides is 1. The largest absolute Gasteiger partial charge is 0.323 e. The van der Waals surface area contributed by atoms with Crippen LogP contribution >= 0.6 is 0 Å². The van der Waals surface area contributed by atoms with Crippen LogP contribution in [0, 0.1) is 6.92 Å². The SMILES string of the molecule is Cc1cccc(C=CC(=O)Nc2ccc(S(=O)(=O)Nc3ccccn3)cc2)c1. The van der Waals surface area contributed by atoms with Gasteiger partial charge < -0.3 is 5.32 Å². The summed E-state index contributed by atoms with van der Waals surface area (Å²) in [5.74, 6) is -0.0649. The van der Waals surface area contributed by atoms with E-state index in [0.29, 0.717) is 5.69 Å². The average Bonchev–Trinajstić information content (AvgIpc) is 2.67. The Bertz CT molecular complexity index is 1090. The van der Waals surface area contributed by atoms with Crippen molar-refractivity contribution in [2.45, 2.75) is 11.8 Å². The van der Waals surface area contributed by atoms with Crippen LogP contribution < -0.4 is 10.0 Å². The number of hydrogen-bond acceptors (Lipinski definition) is 4. The second-order valence-corrected chi connectivity index (χ2v) is 7.76. The van der Waals surface area contributed by atoms with Gasteiger partial charge in [0, 0.05) is 18.0 Å². The number of hydrogen-bond donors (Lipinski definition) is 2. The van der Waals surface area contributed by atoms with E-state index in [9.17, 15) is 13.2 Å². The van der Waals surface area contributed by atoms with Crippen LogP contribution in [0.1, 0.15) is 11.1 Å². The molecular weight excluding hydrogens is 374 g/mol. The number of sulfonamides is 1. The smallest absolute Gasteiger partial charge is 0.263 e. The first-order chi connectivity index (χ1) is 13.4. The van der Waals surface area contributed by atoms with Gasteiger partial charge in [0.25, 0.3) is 10.0 Å². The van der Waals surface area contributed by atoms with Crippen molar-refractivity contribution in [1.82, 2.24) is 4.98 Å². The zero-order valence-electron chi connectivity index (χ0n) is 15.2. The molecule has 0 aliphatic rings. The van der Waals surface area contributed by atoms with E-state index in [1.165, 1.54) is 36.5 Å². The Hall–Kier alpha value is -3.45. The minimum Gasteiger partial charge on any atom is -0.323 e. The first-order valence-corrected chi connectivity index (χ1v) is 10.0. The predicted octanol–water partition coefficient (Wildman–Crippen LogP) is 3.84. The molecule has 6 nitrogen and oxygen atoms in total. The maximum Gasteiger partial charge on any atom is 0.263 e. The lowest BCUT2D eigenvalue weighted by Gasteiger charge is -2.08. The van der Waals surface area contributed by atoms with Gasteiger partial charge in [0.05, 0.1) is 4.90 Å². The number of benzene rings is 2. The topological polar surface area (TPSA) is 88.2 Å². The third-order valence-electron chi connectivity index (χ3n) is 3.81.